The summed E-state index contributed by atoms with van der Waals surface area (Å²) in [6.45, 7) is 1.90. The van der Waals surface area contributed by atoms with Gasteiger partial charge in [0.25, 0.3) is 5.56 Å². The fourth-order valence-electron chi connectivity index (χ4n) is 2.90. The van der Waals surface area contributed by atoms with E-state index in [9.17, 15) is 22.8 Å². The molecule has 1 aromatic carbocycles. The monoisotopic (exact) mass is 383 g/mol. The molecular formula is C16H12F3N3O3S. The predicted molar refractivity (Wildman–Crippen MR) is 88.7 cm³/mol. The lowest BCUT2D eigenvalue weighted by molar-refractivity contribution is -0.144. The molecule has 3 aromatic rings. The summed E-state index contributed by atoms with van der Waals surface area (Å²) in [5.41, 5.74) is -2.50. The van der Waals surface area contributed by atoms with E-state index in [0.29, 0.717) is 20.9 Å². The van der Waals surface area contributed by atoms with Crippen molar-refractivity contribution in [3.63, 3.8) is 0 Å². The lowest BCUT2D eigenvalue weighted by Gasteiger charge is -2.14. The molecule has 136 valence electrons. The van der Waals surface area contributed by atoms with E-state index in [2.05, 4.69) is 4.37 Å². The molecule has 1 saturated heterocycles. The number of ether oxygens (including phenoxy) is 1. The molecule has 0 radical (unpaired) electrons. The summed E-state index contributed by atoms with van der Waals surface area (Å²) in [7, 11) is 0.983. The second-order valence-electron chi connectivity index (χ2n) is 6.05. The van der Waals surface area contributed by atoms with Crippen LogP contribution in [-0.4, -0.2) is 19.6 Å². The Morgan fingerprint density at radius 1 is 1.23 bits per heavy atom. The molecule has 2 aromatic heterocycles. The quantitative estimate of drug-likeness (QED) is 0.638. The van der Waals surface area contributed by atoms with Crippen LogP contribution in [0.4, 0.5) is 13.2 Å². The van der Waals surface area contributed by atoms with Gasteiger partial charge in [0, 0.05) is 18.5 Å². The molecule has 3 heterocycles. The number of hydrogen-bond donors (Lipinski definition) is 0. The van der Waals surface area contributed by atoms with Gasteiger partial charge in [0.1, 0.15) is 11.8 Å². The molecule has 0 spiro atoms. The Morgan fingerprint density at radius 2 is 1.92 bits per heavy atom. The van der Waals surface area contributed by atoms with Crippen LogP contribution >= 0.6 is 11.5 Å². The second-order valence-corrected chi connectivity index (χ2v) is 6.86. The van der Waals surface area contributed by atoms with Gasteiger partial charge in [-0.25, -0.2) is 9.36 Å². The number of aromatic nitrogens is 3. The van der Waals surface area contributed by atoms with E-state index in [-0.39, 0.29) is 17.9 Å². The number of nitrogens with zero attached hydrogens (tertiary/aromatic N) is 3. The summed E-state index contributed by atoms with van der Waals surface area (Å²) in [6.07, 6.45) is -4.91. The molecule has 0 amide bonds. The first-order valence-corrected chi connectivity index (χ1v) is 8.41. The van der Waals surface area contributed by atoms with Crippen LogP contribution in [0.2, 0.25) is 0 Å². The lowest BCUT2D eigenvalue weighted by Crippen LogP contribution is -2.40. The standard InChI is InChI=1S/C16H12F3N3O3S/c1-7-14(25-7)13-9-5-8(3-4-10(9)26-20-13)22-12(23)6-11(16(17,18)19)21(2)15(22)24/h3-7,14H,1-2H3/t7-,14?/m0/s1. The van der Waals surface area contributed by atoms with Crippen LogP contribution in [0.1, 0.15) is 24.4 Å². The number of fused-ring (bicyclic) bond motifs is 1. The van der Waals surface area contributed by atoms with E-state index in [0.717, 1.165) is 17.1 Å². The van der Waals surface area contributed by atoms with Gasteiger partial charge in [-0.1, -0.05) is 0 Å². The largest absolute Gasteiger partial charge is 0.431 e. The van der Waals surface area contributed by atoms with E-state index in [1.165, 1.54) is 17.6 Å². The minimum atomic E-state index is -4.79. The third kappa shape index (κ3) is 2.56. The molecule has 1 fully saturated rings. The van der Waals surface area contributed by atoms with Gasteiger partial charge >= 0.3 is 11.9 Å². The van der Waals surface area contributed by atoms with Crippen molar-refractivity contribution in [3.8, 4) is 5.69 Å². The Morgan fingerprint density at radius 3 is 2.54 bits per heavy atom. The number of alkyl halides is 3. The molecule has 0 N–H and O–H groups in total. The van der Waals surface area contributed by atoms with Crippen molar-refractivity contribution < 1.29 is 17.9 Å². The van der Waals surface area contributed by atoms with Crippen LogP contribution < -0.4 is 11.2 Å². The Hall–Kier alpha value is -2.46. The maximum Gasteiger partial charge on any atom is 0.431 e. The van der Waals surface area contributed by atoms with Crippen LogP contribution in [0.15, 0.2) is 33.9 Å². The van der Waals surface area contributed by atoms with Crippen molar-refractivity contribution >= 4 is 21.6 Å². The van der Waals surface area contributed by atoms with E-state index < -0.39 is 23.1 Å². The zero-order valence-electron chi connectivity index (χ0n) is 13.6. The van der Waals surface area contributed by atoms with Crippen molar-refractivity contribution in [3.05, 3.63) is 56.5 Å². The number of rotatable bonds is 2. The lowest BCUT2D eigenvalue weighted by atomic mass is 10.1. The van der Waals surface area contributed by atoms with E-state index in [1.807, 2.05) is 6.92 Å². The molecular weight excluding hydrogens is 371 g/mol. The molecule has 1 aliphatic rings. The number of epoxide rings is 1. The Balaban J connectivity index is 1.92. The van der Waals surface area contributed by atoms with Gasteiger partial charge in [0.05, 0.1) is 22.2 Å². The Labute approximate surface area is 148 Å². The molecule has 2 atom stereocenters. The number of benzene rings is 1. The smallest absolute Gasteiger partial charge is 0.363 e. The zero-order valence-corrected chi connectivity index (χ0v) is 14.4. The highest BCUT2D eigenvalue weighted by atomic mass is 32.1. The first-order chi connectivity index (χ1) is 12.2. The summed E-state index contributed by atoms with van der Waals surface area (Å²) in [5.74, 6) is 0. The highest BCUT2D eigenvalue weighted by molar-refractivity contribution is 7.13. The maximum absolute atomic E-state index is 13.0. The molecule has 0 aliphatic carbocycles. The molecule has 6 nitrogen and oxygen atoms in total. The van der Waals surface area contributed by atoms with Gasteiger partial charge in [0.15, 0.2) is 0 Å². The van der Waals surface area contributed by atoms with Gasteiger partial charge < -0.3 is 4.74 Å². The minimum absolute atomic E-state index is 0.0330. The molecule has 1 aliphatic heterocycles. The third-order valence-corrected chi connectivity index (χ3v) is 5.17. The van der Waals surface area contributed by atoms with Gasteiger partial charge in [-0.05, 0) is 36.7 Å². The van der Waals surface area contributed by atoms with Crippen LogP contribution in [0, 0.1) is 0 Å². The molecule has 10 heteroatoms. The van der Waals surface area contributed by atoms with E-state index in [4.69, 9.17) is 4.74 Å². The van der Waals surface area contributed by atoms with Crippen LogP contribution in [-0.2, 0) is 18.0 Å². The second kappa shape index (κ2) is 5.52. The molecule has 4 rings (SSSR count). The summed E-state index contributed by atoms with van der Waals surface area (Å²) in [6, 6.07) is 5.20. The molecule has 26 heavy (non-hydrogen) atoms. The third-order valence-electron chi connectivity index (χ3n) is 4.33. The van der Waals surface area contributed by atoms with Gasteiger partial charge in [-0.3, -0.25) is 9.36 Å². The van der Waals surface area contributed by atoms with Crippen molar-refractivity contribution in [2.24, 2.45) is 7.05 Å². The summed E-state index contributed by atoms with van der Waals surface area (Å²) >= 11 is 1.26. The van der Waals surface area contributed by atoms with Crippen LogP contribution in [0.3, 0.4) is 0 Å². The highest BCUT2D eigenvalue weighted by Crippen LogP contribution is 2.42. The molecule has 1 unspecified atom stereocenters. The Bertz CT molecular complexity index is 1150. The predicted octanol–water partition coefficient (Wildman–Crippen LogP) is 2.62. The molecule has 0 saturated carbocycles. The number of halogens is 3. The minimum Gasteiger partial charge on any atom is -0.363 e. The summed E-state index contributed by atoms with van der Waals surface area (Å²) < 4.78 is 50.6. The van der Waals surface area contributed by atoms with Gasteiger partial charge in [-0.2, -0.15) is 17.5 Å². The first kappa shape index (κ1) is 17.0. The van der Waals surface area contributed by atoms with Crippen molar-refractivity contribution in [1.29, 1.82) is 0 Å². The van der Waals surface area contributed by atoms with Crippen molar-refractivity contribution in [2.75, 3.05) is 0 Å². The number of hydrogen-bond acceptors (Lipinski definition) is 5. The zero-order chi connectivity index (χ0) is 18.8. The van der Waals surface area contributed by atoms with Gasteiger partial charge in [0.2, 0.25) is 0 Å². The summed E-state index contributed by atoms with van der Waals surface area (Å²) in [5, 5.41) is 0.718. The van der Waals surface area contributed by atoms with Crippen molar-refractivity contribution in [2.45, 2.75) is 25.3 Å². The van der Waals surface area contributed by atoms with E-state index >= 15 is 0 Å². The highest BCUT2D eigenvalue weighted by Gasteiger charge is 2.39. The van der Waals surface area contributed by atoms with Crippen LogP contribution in [0.5, 0.6) is 0 Å². The SMILES string of the molecule is C[C@@H]1OC1c1nsc2ccc(-n3c(=O)cc(C(F)(F)F)n(C)c3=O)cc12. The maximum atomic E-state index is 13.0. The Kier molecular flexibility index (Phi) is 3.60. The first-order valence-electron chi connectivity index (χ1n) is 7.64. The van der Waals surface area contributed by atoms with E-state index in [1.54, 1.807) is 12.1 Å². The van der Waals surface area contributed by atoms with Gasteiger partial charge in [-0.15, -0.1) is 0 Å². The topological polar surface area (TPSA) is 69.4 Å². The fourth-order valence-corrected chi connectivity index (χ4v) is 3.69. The van der Waals surface area contributed by atoms with Crippen molar-refractivity contribution in [1.82, 2.24) is 13.5 Å². The fraction of sp³-hybridized carbons (Fsp3) is 0.312. The average Bonchev–Trinajstić information content (AvgIpc) is 3.13. The average molecular weight is 383 g/mol. The normalized spacial score (nSPS) is 19.9. The summed E-state index contributed by atoms with van der Waals surface area (Å²) in [4.78, 5) is 24.6. The van der Waals surface area contributed by atoms with Crippen LogP contribution in [0.25, 0.3) is 15.8 Å². The molecule has 0 bridgehead atoms.